The lowest BCUT2D eigenvalue weighted by Crippen LogP contribution is -2.41. The Morgan fingerprint density at radius 1 is 1.30 bits per heavy atom. The molecule has 1 amide bonds. The Bertz CT molecular complexity index is 546. The molecule has 0 aromatic heterocycles. The molecular formula is C18H26FNO3. The predicted molar refractivity (Wildman–Crippen MR) is 87.0 cm³/mol. The second-order valence-corrected chi connectivity index (χ2v) is 7.11. The van der Waals surface area contributed by atoms with Crippen molar-refractivity contribution in [3.8, 4) is 0 Å². The standard InChI is InChI=1S/C18H26FNO3/c1-18(2,3)23-17(22)20-7-4-14(5-8-20)15-10-13(6-9-21)11-16(19)12-15/h10-12,14,21H,4-9H2,1-3H3. The van der Waals surface area contributed by atoms with E-state index in [1.165, 1.54) is 6.07 Å². The predicted octanol–water partition coefficient (Wildman–Crippen LogP) is 3.48. The van der Waals surface area contributed by atoms with Gasteiger partial charge in [-0.25, -0.2) is 9.18 Å². The van der Waals surface area contributed by atoms with E-state index in [0.717, 1.165) is 24.0 Å². The summed E-state index contributed by atoms with van der Waals surface area (Å²) in [5.74, 6) is -0.0256. The fraction of sp³-hybridized carbons (Fsp3) is 0.611. The van der Waals surface area contributed by atoms with Crippen molar-refractivity contribution in [1.82, 2.24) is 4.90 Å². The molecule has 1 N–H and O–H groups in total. The number of ether oxygens (including phenoxy) is 1. The van der Waals surface area contributed by atoms with E-state index in [1.54, 1.807) is 11.0 Å². The number of carbonyl (C=O) groups is 1. The Hall–Kier alpha value is -1.62. The third-order valence-corrected chi connectivity index (χ3v) is 4.00. The van der Waals surface area contributed by atoms with Crippen molar-refractivity contribution in [1.29, 1.82) is 0 Å². The largest absolute Gasteiger partial charge is 0.444 e. The number of hydrogen-bond donors (Lipinski definition) is 1. The highest BCUT2D eigenvalue weighted by Crippen LogP contribution is 2.30. The summed E-state index contributed by atoms with van der Waals surface area (Å²) in [5, 5.41) is 9.02. The maximum atomic E-state index is 13.7. The number of benzene rings is 1. The Morgan fingerprint density at radius 3 is 2.52 bits per heavy atom. The van der Waals surface area contributed by atoms with Crippen molar-refractivity contribution in [3.05, 3.63) is 35.1 Å². The molecule has 5 heteroatoms. The number of rotatable bonds is 3. The minimum atomic E-state index is -0.490. The van der Waals surface area contributed by atoms with Gasteiger partial charge in [0.25, 0.3) is 0 Å². The van der Waals surface area contributed by atoms with Crippen LogP contribution < -0.4 is 0 Å². The van der Waals surface area contributed by atoms with Crippen molar-refractivity contribution < 1.29 is 19.0 Å². The molecule has 0 unspecified atom stereocenters. The van der Waals surface area contributed by atoms with Crippen LogP contribution in [0.5, 0.6) is 0 Å². The zero-order valence-electron chi connectivity index (χ0n) is 14.1. The van der Waals surface area contributed by atoms with Gasteiger partial charge in [-0.15, -0.1) is 0 Å². The minimum Gasteiger partial charge on any atom is -0.444 e. The number of aliphatic hydroxyl groups excluding tert-OH is 1. The van der Waals surface area contributed by atoms with Gasteiger partial charge in [-0.2, -0.15) is 0 Å². The molecule has 0 spiro atoms. The van der Waals surface area contributed by atoms with Crippen LogP contribution in [0.3, 0.4) is 0 Å². The average molecular weight is 323 g/mol. The van der Waals surface area contributed by atoms with E-state index in [9.17, 15) is 9.18 Å². The lowest BCUT2D eigenvalue weighted by atomic mass is 9.88. The first-order valence-corrected chi connectivity index (χ1v) is 8.16. The lowest BCUT2D eigenvalue weighted by Gasteiger charge is -2.33. The van der Waals surface area contributed by atoms with E-state index < -0.39 is 5.60 Å². The first-order chi connectivity index (χ1) is 10.8. The highest BCUT2D eigenvalue weighted by Gasteiger charge is 2.27. The number of hydrogen-bond acceptors (Lipinski definition) is 3. The third kappa shape index (κ3) is 5.20. The topological polar surface area (TPSA) is 49.8 Å². The van der Waals surface area contributed by atoms with E-state index >= 15 is 0 Å². The fourth-order valence-corrected chi connectivity index (χ4v) is 2.91. The molecule has 1 aromatic rings. The van der Waals surface area contributed by atoms with Crippen LogP contribution in [0.4, 0.5) is 9.18 Å². The summed E-state index contributed by atoms with van der Waals surface area (Å²) in [5.41, 5.74) is 1.28. The summed E-state index contributed by atoms with van der Waals surface area (Å²) in [6, 6.07) is 5.00. The summed E-state index contributed by atoms with van der Waals surface area (Å²) in [7, 11) is 0. The van der Waals surface area contributed by atoms with Crippen molar-refractivity contribution >= 4 is 6.09 Å². The molecule has 1 saturated heterocycles. The van der Waals surface area contributed by atoms with Crippen LogP contribution in [-0.2, 0) is 11.2 Å². The van der Waals surface area contributed by atoms with E-state index in [-0.39, 0.29) is 24.4 Å². The zero-order valence-corrected chi connectivity index (χ0v) is 14.1. The average Bonchev–Trinajstić information content (AvgIpc) is 2.45. The first kappa shape index (κ1) is 17.7. The van der Waals surface area contributed by atoms with E-state index in [2.05, 4.69) is 0 Å². The second-order valence-electron chi connectivity index (χ2n) is 7.11. The van der Waals surface area contributed by atoms with Crippen LogP contribution in [0.2, 0.25) is 0 Å². The highest BCUT2D eigenvalue weighted by molar-refractivity contribution is 5.68. The van der Waals surface area contributed by atoms with Crippen LogP contribution in [0, 0.1) is 5.82 Å². The minimum absolute atomic E-state index is 0.0139. The molecule has 1 fully saturated rings. The summed E-state index contributed by atoms with van der Waals surface area (Å²) < 4.78 is 19.1. The molecule has 0 aliphatic carbocycles. The van der Waals surface area contributed by atoms with Gasteiger partial charge in [0.15, 0.2) is 0 Å². The molecule has 2 rings (SSSR count). The molecule has 1 heterocycles. The van der Waals surface area contributed by atoms with Crippen LogP contribution in [-0.4, -0.2) is 41.4 Å². The Labute approximate surface area is 137 Å². The van der Waals surface area contributed by atoms with Gasteiger partial charge in [0.1, 0.15) is 11.4 Å². The van der Waals surface area contributed by atoms with E-state index in [1.807, 2.05) is 26.8 Å². The number of aliphatic hydroxyl groups is 1. The van der Waals surface area contributed by atoms with Crippen molar-refractivity contribution in [2.75, 3.05) is 19.7 Å². The normalized spacial score (nSPS) is 16.5. The summed E-state index contributed by atoms with van der Waals surface area (Å²) in [4.78, 5) is 13.8. The van der Waals surface area contributed by atoms with Crippen molar-refractivity contribution in [2.45, 2.75) is 51.6 Å². The molecule has 23 heavy (non-hydrogen) atoms. The summed E-state index contributed by atoms with van der Waals surface area (Å²) in [6.45, 7) is 6.81. The molecule has 1 aliphatic rings. The summed E-state index contributed by atoms with van der Waals surface area (Å²) >= 11 is 0. The Kier molecular flexibility index (Phi) is 5.63. The van der Waals surface area contributed by atoms with Crippen molar-refractivity contribution in [2.24, 2.45) is 0 Å². The summed E-state index contributed by atoms with van der Waals surface area (Å²) in [6.07, 6.45) is 1.76. The first-order valence-electron chi connectivity index (χ1n) is 8.16. The molecule has 0 atom stereocenters. The number of amides is 1. The third-order valence-electron chi connectivity index (χ3n) is 4.00. The van der Waals surface area contributed by atoms with Gasteiger partial charge in [0.05, 0.1) is 0 Å². The van der Waals surface area contributed by atoms with Gasteiger partial charge < -0.3 is 14.7 Å². The second kappa shape index (κ2) is 7.30. The monoisotopic (exact) mass is 323 g/mol. The highest BCUT2D eigenvalue weighted by atomic mass is 19.1. The van der Waals surface area contributed by atoms with Gasteiger partial charge in [-0.1, -0.05) is 6.07 Å². The van der Waals surface area contributed by atoms with Gasteiger partial charge in [0.2, 0.25) is 0 Å². The number of likely N-dealkylation sites (tertiary alicyclic amines) is 1. The van der Waals surface area contributed by atoms with Crippen LogP contribution in [0.25, 0.3) is 0 Å². The smallest absolute Gasteiger partial charge is 0.410 e. The molecule has 1 aliphatic heterocycles. The van der Waals surface area contributed by atoms with E-state index in [4.69, 9.17) is 9.84 Å². The number of carbonyl (C=O) groups excluding carboxylic acids is 1. The zero-order chi connectivity index (χ0) is 17.0. The molecule has 1 aromatic carbocycles. The number of halogens is 1. The molecule has 4 nitrogen and oxygen atoms in total. The van der Waals surface area contributed by atoms with Crippen LogP contribution in [0.15, 0.2) is 18.2 Å². The quantitative estimate of drug-likeness (QED) is 0.926. The van der Waals surface area contributed by atoms with Crippen LogP contribution in [0.1, 0.15) is 50.7 Å². The van der Waals surface area contributed by atoms with Crippen molar-refractivity contribution in [3.63, 3.8) is 0 Å². The number of nitrogens with zero attached hydrogens (tertiary/aromatic N) is 1. The molecule has 0 radical (unpaired) electrons. The van der Waals surface area contributed by atoms with Gasteiger partial charge in [-0.3, -0.25) is 0 Å². The molecule has 0 saturated carbocycles. The van der Waals surface area contributed by atoms with Gasteiger partial charge in [0, 0.05) is 19.7 Å². The maximum Gasteiger partial charge on any atom is 0.410 e. The SMILES string of the molecule is CC(C)(C)OC(=O)N1CCC(c2cc(F)cc(CCO)c2)CC1. The Balaban J connectivity index is 1.98. The van der Waals surface area contributed by atoms with Crippen LogP contribution >= 0.6 is 0 Å². The lowest BCUT2D eigenvalue weighted by molar-refractivity contribution is 0.0204. The molecule has 0 bridgehead atoms. The number of piperidine rings is 1. The van der Waals surface area contributed by atoms with Gasteiger partial charge in [-0.05, 0) is 69.2 Å². The molecule has 128 valence electrons. The Morgan fingerprint density at radius 2 is 1.96 bits per heavy atom. The molecular weight excluding hydrogens is 297 g/mol. The van der Waals surface area contributed by atoms with E-state index in [0.29, 0.717) is 19.5 Å². The van der Waals surface area contributed by atoms with Gasteiger partial charge >= 0.3 is 6.09 Å². The fourth-order valence-electron chi connectivity index (χ4n) is 2.91. The maximum absolute atomic E-state index is 13.7.